The molecule has 8 heteroatoms. The van der Waals surface area contributed by atoms with Crippen LogP contribution in [-0.2, 0) is 6.42 Å². The van der Waals surface area contributed by atoms with Gasteiger partial charge in [0.15, 0.2) is 0 Å². The van der Waals surface area contributed by atoms with E-state index in [1.807, 2.05) is 13.8 Å². The van der Waals surface area contributed by atoms with Crippen LogP contribution in [-0.4, -0.2) is 16.7 Å². The summed E-state index contributed by atoms with van der Waals surface area (Å²) in [5, 5.41) is 10.6. The lowest BCUT2D eigenvalue weighted by molar-refractivity contribution is -0.384. The number of nitrogens with zero attached hydrogens (tertiary/aromatic N) is 1. The predicted molar refractivity (Wildman–Crippen MR) is 86.5 cm³/mol. The molecular formula is C15H15N3O4S. The first-order valence-corrected chi connectivity index (χ1v) is 7.68. The van der Waals surface area contributed by atoms with Crippen molar-refractivity contribution >= 4 is 28.8 Å². The van der Waals surface area contributed by atoms with Crippen LogP contribution < -0.4 is 10.9 Å². The van der Waals surface area contributed by atoms with E-state index in [9.17, 15) is 19.7 Å². The summed E-state index contributed by atoms with van der Waals surface area (Å²) in [6.45, 7) is 3.95. The molecule has 2 rings (SSSR count). The Hall–Kier alpha value is -2.74. The fraction of sp³-hybridized carbons (Fsp3) is 0.200. The van der Waals surface area contributed by atoms with Crippen molar-refractivity contribution in [1.29, 1.82) is 0 Å². The van der Waals surface area contributed by atoms with Gasteiger partial charge in [-0.3, -0.25) is 30.6 Å². The van der Waals surface area contributed by atoms with Gasteiger partial charge >= 0.3 is 0 Å². The Balaban J connectivity index is 1.97. The zero-order chi connectivity index (χ0) is 17.0. The Morgan fingerprint density at radius 3 is 2.30 bits per heavy atom. The van der Waals surface area contributed by atoms with Gasteiger partial charge in [0, 0.05) is 22.6 Å². The van der Waals surface area contributed by atoms with E-state index >= 15 is 0 Å². The van der Waals surface area contributed by atoms with Crippen molar-refractivity contribution < 1.29 is 14.5 Å². The molecule has 120 valence electrons. The number of hydrogen-bond acceptors (Lipinski definition) is 5. The summed E-state index contributed by atoms with van der Waals surface area (Å²) in [5.74, 6) is -0.940. The number of hydrogen-bond donors (Lipinski definition) is 2. The number of benzene rings is 1. The molecule has 0 fully saturated rings. The van der Waals surface area contributed by atoms with Gasteiger partial charge < -0.3 is 0 Å². The number of thiophene rings is 1. The van der Waals surface area contributed by atoms with Crippen molar-refractivity contribution in [1.82, 2.24) is 10.9 Å². The normalized spacial score (nSPS) is 10.2. The van der Waals surface area contributed by atoms with Gasteiger partial charge in [0.05, 0.1) is 9.80 Å². The second-order valence-corrected chi connectivity index (χ2v) is 6.01. The van der Waals surface area contributed by atoms with Crippen molar-refractivity contribution in [2.45, 2.75) is 20.3 Å². The minimum Gasteiger partial charge on any atom is -0.267 e. The van der Waals surface area contributed by atoms with Gasteiger partial charge in [-0.2, -0.15) is 0 Å². The standard InChI is InChI=1S/C15H15N3O4S/c1-3-10-8-13(23-9(10)2)15(20)17-16-14(19)11-4-6-12(7-5-11)18(21)22/h4-8H,3H2,1-2H3,(H,16,19)(H,17,20). The predicted octanol–water partition coefficient (Wildman–Crippen LogP) is 2.60. The van der Waals surface area contributed by atoms with Gasteiger partial charge in [-0.25, -0.2) is 0 Å². The van der Waals surface area contributed by atoms with E-state index in [4.69, 9.17) is 0 Å². The molecule has 0 radical (unpaired) electrons. The average molecular weight is 333 g/mol. The zero-order valence-electron chi connectivity index (χ0n) is 12.6. The topological polar surface area (TPSA) is 101 Å². The minimum atomic E-state index is -0.548. The van der Waals surface area contributed by atoms with Crippen LogP contribution in [0.5, 0.6) is 0 Å². The molecule has 0 unspecified atom stereocenters. The van der Waals surface area contributed by atoms with Gasteiger partial charge in [-0.05, 0) is 37.1 Å². The van der Waals surface area contributed by atoms with E-state index in [0.29, 0.717) is 4.88 Å². The van der Waals surface area contributed by atoms with Crippen LogP contribution in [0.4, 0.5) is 5.69 Å². The van der Waals surface area contributed by atoms with E-state index in [0.717, 1.165) is 16.9 Å². The number of amides is 2. The Morgan fingerprint density at radius 2 is 1.78 bits per heavy atom. The molecule has 1 heterocycles. The zero-order valence-corrected chi connectivity index (χ0v) is 13.4. The Morgan fingerprint density at radius 1 is 1.17 bits per heavy atom. The Kier molecular flexibility index (Phi) is 5.07. The highest BCUT2D eigenvalue weighted by molar-refractivity contribution is 7.14. The summed E-state index contributed by atoms with van der Waals surface area (Å²) in [7, 11) is 0. The van der Waals surface area contributed by atoms with Crippen molar-refractivity contribution in [2.24, 2.45) is 0 Å². The highest BCUT2D eigenvalue weighted by Gasteiger charge is 2.14. The number of nitrogens with one attached hydrogen (secondary N) is 2. The molecule has 7 nitrogen and oxygen atoms in total. The summed E-state index contributed by atoms with van der Waals surface area (Å²) in [6.07, 6.45) is 0.838. The maximum atomic E-state index is 12.0. The fourth-order valence-electron chi connectivity index (χ4n) is 1.96. The fourth-order valence-corrected chi connectivity index (χ4v) is 2.97. The molecule has 0 saturated carbocycles. The molecule has 0 atom stereocenters. The molecule has 0 spiro atoms. The lowest BCUT2D eigenvalue weighted by Crippen LogP contribution is -2.41. The first kappa shape index (κ1) is 16.6. The Bertz CT molecular complexity index is 753. The Labute approximate surface area is 136 Å². The first-order chi connectivity index (χ1) is 10.9. The van der Waals surface area contributed by atoms with Crippen molar-refractivity contribution in [3.05, 3.63) is 61.3 Å². The minimum absolute atomic E-state index is 0.105. The monoisotopic (exact) mass is 333 g/mol. The van der Waals surface area contributed by atoms with Crippen molar-refractivity contribution in [2.75, 3.05) is 0 Å². The van der Waals surface area contributed by atoms with Gasteiger partial charge in [-0.1, -0.05) is 6.92 Å². The summed E-state index contributed by atoms with van der Waals surface area (Å²) in [4.78, 5) is 35.5. The number of aryl methyl sites for hydroxylation is 2. The molecule has 23 heavy (non-hydrogen) atoms. The molecule has 1 aromatic heterocycles. The van der Waals surface area contributed by atoms with Crippen LogP contribution in [0.3, 0.4) is 0 Å². The van der Waals surface area contributed by atoms with E-state index in [1.165, 1.54) is 35.6 Å². The van der Waals surface area contributed by atoms with Crippen molar-refractivity contribution in [3.8, 4) is 0 Å². The third-order valence-electron chi connectivity index (χ3n) is 3.26. The number of carbonyl (C=O) groups excluding carboxylic acids is 2. The van der Waals surface area contributed by atoms with Gasteiger partial charge in [0.2, 0.25) is 0 Å². The number of hydrazine groups is 1. The number of carbonyl (C=O) groups is 2. The summed E-state index contributed by atoms with van der Waals surface area (Å²) in [5.41, 5.74) is 5.84. The largest absolute Gasteiger partial charge is 0.279 e. The quantitative estimate of drug-likeness (QED) is 0.663. The van der Waals surface area contributed by atoms with Crippen LogP contribution in [0.15, 0.2) is 30.3 Å². The van der Waals surface area contributed by atoms with E-state index in [1.54, 1.807) is 6.07 Å². The summed E-state index contributed by atoms with van der Waals surface area (Å²) < 4.78 is 0. The second kappa shape index (κ2) is 7.01. The number of nitro benzene ring substituents is 1. The molecule has 2 aromatic rings. The number of non-ortho nitro benzene ring substituents is 1. The smallest absolute Gasteiger partial charge is 0.267 e. The molecule has 0 saturated heterocycles. The molecule has 0 bridgehead atoms. The number of nitro groups is 1. The van der Waals surface area contributed by atoms with Crippen LogP contribution in [0.1, 0.15) is 37.4 Å². The van der Waals surface area contributed by atoms with Crippen LogP contribution in [0.2, 0.25) is 0 Å². The molecule has 2 N–H and O–H groups in total. The third kappa shape index (κ3) is 3.92. The molecule has 0 aliphatic carbocycles. The van der Waals surface area contributed by atoms with Crippen LogP contribution in [0, 0.1) is 17.0 Å². The highest BCUT2D eigenvalue weighted by Crippen LogP contribution is 2.21. The highest BCUT2D eigenvalue weighted by atomic mass is 32.1. The van der Waals surface area contributed by atoms with Gasteiger partial charge in [0.25, 0.3) is 17.5 Å². The average Bonchev–Trinajstić information content (AvgIpc) is 2.93. The van der Waals surface area contributed by atoms with E-state index < -0.39 is 16.7 Å². The van der Waals surface area contributed by atoms with Gasteiger partial charge in [-0.15, -0.1) is 11.3 Å². The SMILES string of the molecule is CCc1cc(C(=O)NNC(=O)c2ccc([N+](=O)[O-])cc2)sc1C. The van der Waals surface area contributed by atoms with Crippen LogP contribution >= 0.6 is 11.3 Å². The molecular weight excluding hydrogens is 318 g/mol. The molecule has 2 amide bonds. The summed E-state index contributed by atoms with van der Waals surface area (Å²) >= 11 is 1.36. The molecule has 0 aliphatic rings. The number of rotatable bonds is 4. The first-order valence-electron chi connectivity index (χ1n) is 6.86. The molecule has 0 aliphatic heterocycles. The third-order valence-corrected chi connectivity index (χ3v) is 4.35. The lowest BCUT2D eigenvalue weighted by Gasteiger charge is -2.06. The lowest BCUT2D eigenvalue weighted by atomic mass is 10.2. The maximum absolute atomic E-state index is 12.0. The maximum Gasteiger partial charge on any atom is 0.279 e. The van der Waals surface area contributed by atoms with Crippen LogP contribution in [0.25, 0.3) is 0 Å². The van der Waals surface area contributed by atoms with E-state index in [2.05, 4.69) is 10.9 Å². The summed E-state index contributed by atoms with van der Waals surface area (Å²) in [6, 6.07) is 6.90. The molecule has 1 aromatic carbocycles. The van der Waals surface area contributed by atoms with E-state index in [-0.39, 0.29) is 11.3 Å². The second-order valence-electron chi connectivity index (χ2n) is 4.76. The van der Waals surface area contributed by atoms with Gasteiger partial charge in [0.1, 0.15) is 0 Å². The van der Waals surface area contributed by atoms with Crippen molar-refractivity contribution in [3.63, 3.8) is 0 Å².